The number of rotatable bonds is 2. The van der Waals surface area contributed by atoms with E-state index in [1.165, 1.54) is 28.0 Å². The molecule has 0 amide bonds. The highest BCUT2D eigenvalue weighted by molar-refractivity contribution is 8.76. The molecule has 0 aromatic heterocycles. The van der Waals surface area contributed by atoms with Gasteiger partial charge in [0.2, 0.25) is 0 Å². The van der Waals surface area contributed by atoms with E-state index in [1.807, 2.05) is 12.1 Å². The second kappa shape index (κ2) is 10.8. The van der Waals surface area contributed by atoms with Gasteiger partial charge in [0.1, 0.15) is 0 Å². The molecule has 29 heavy (non-hydrogen) atoms. The van der Waals surface area contributed by atoms with Gasteiger partial charge in [0.25, 0.3) is 0 Å². The van der Waals surface area contributed by atoms with Crippen molar-refractivity contribution in [2.24, 2.45) is 0 Å². The third-order valence-electron chi connectivity index (χ3n) is 4.74. The average molecular weight is 435 g/mol. The molecule has 1 heterocycles. The van der Waals surface area contributed by atoms with E-state index in [4.69, 9.17) is 0 Å². The lowest BCUT2D eigenvalue weighted by Gasteiger charge is -2.15. The highest BCUT2D eigenvalue weighted by Crippen LogP contribution is 2.44. The molecule has 5 N–H and O–H groups in total. The van der Waals surface area contributed by atoms with Crippen LogP contribution in [0.2, 0.25) is 0 Å². The molecule has 0 radical (unpaired) electrons. The maximum atomic E-state index is 11.4. The van der Waals surface area contributed by atoms with Gasteiger partial charge in [-0.3, -0.25) is 0 Å². The summed E-state index contributed by atoms with van der Waals surface area (Å²) in [5, 5.41) is 35.3. The maximum Gasteiger partial charge on any atom is 0.335 e. The molecule has 2 aromatic rings. The zero-order valence-corrected chi connectivity index (χ0v) is 17.7. The fourth-order valence-electron chi connectivity index (χ4n) is 3.10. The lowest BCUT2D eigenvalue weighted by atomic mass is 10.1. The molecular weight excluding hydrogens is 408 g/mol. The molecule has 8 heteroatoms. The van der Waals surface area contributed by atoms with Crippen LogP contribution in [0.1, 0.15) is 54.3 Å². The molecule has 0 spiro atoms. The van der Waals surface area contributed by atoms with Gasteiger partial charge in [0.05, 0.1) is 5.56 Å². The van der Waals surface area contributed by atoms with Crippen molar-refractivity contribution in [3.05, 3.63) is 47.5 Å². The van der Waals surface area contributed by atoms with E-state index in [9.17, 15) is 20.1 Å². The molecule has 0 fully saturated rings. The molecule has 0 unspecified atom stereocenters. The first-order valence-corrected chi connectivity index (χ1v) is 11.9. The summed E-state index contributed by atoms with van der Waals surface area (Å²) >= 11 is 0. The Balaban J connectivity index is 1.90. The smallest absolute Gasteiger partial charge is 0.335 e. The largest absolute Gasteiger partial charge is 0.478 e. The summed E-state index contributed by atoms with van der Waals surface area (Å²) in [5.41, 5.74) is 2.52. The summed E-state index contributed by atoms with van der Waals surface area (Å²) in [6, 6.07) is 10.4. The molecular formula is C21H26N2O4S2. The van der Waals surface area contributed by atoms with Crippen LogP contribution in [0.25, 0.3) is 0 Å². The van der Waals surface area contributed by atoms with Crippen molar-refractivity contribution in [1.82, 2.24) is 0 Å². The fraction of sp³-hybridized carbons (Fsp3) is 0.381. The monoisotopic (exact) mass is 434 g/mol. The summed E-state index contributed by atoms with van der Waals surface area (Å²) in [5.74, 6) is -0.956. The van der Waals surface area contributed by atoms with Crippen molar-refractivity contribution in [2.45, 2.75) is 48.2 Å². The number of aliphatic hydroxyl groups is 2. The Labute approximate surface area is 178 Å². The Hall–Kier alpha value is -1.87. The van der Waals surface area contributed by atoms with Gasteiger partial charge in [-0.1, -0.05) is 46.9 Å². The Kier molecular flexibility index (Phi) is 8.11. The van der Waals surface area contributed by atoms with E-state index in [1.54, 1.807) is 24.3 Å². The van der Waals surface area contributed by atoms with Gasteiger partial charge in [-0.25, -0.2) is 4.79 Å². The van der Waals surface area contributed by atoms with E-state index >= 15 is 0 Å². The van der Waals surface area contributed by atoms with Gasteiger partial charge in [-0.15, -0.1) is 0 Å². The van der Waals surface area contributed by atoms with Crippen LogP contribution in [0.3, 0.4) is 0 Å². The van der Waals surface area contributed by atoms with E-state index in [-0.39, 0.29) is 5.56 Å². The number of nitrogens with one attached hydrogen (secondary N) is 2. The summed E-state index contributed by atoms with van der Waals surface area (Å²) in [7, 11) is 2.93. The van der Waals surface area contributed by atoms with Gasteiger partial charge in [-0.05, 0) is 43.2 Å². The number of hydrogen-bond donors (Lipinski definition) is 5. The zero-order valence-electron chi connectivity index (χ0n) is 16.1. The van der Waals surface area contributed by atoms with Crippen molar-refractivity contribution in [2.75, 3.05) is 23.7 Å². The van der Waals surface area contributed by atoms with Crippen LogP contribution in [0.15, 0.2) is 46.2 Å². The van der Waals surface area contributed by atoms with E-state index in [0.717, 1.165) is 59.9 Å². The number of carboxylic acids is 1. The van der Waals surface area contributed by atoms with Crippen molar-refractivity contribution < 1.29 is 20.1 Å². The molecule has 1 aliphatic rings. The molecule has 6 nitrogen and oxygen atoms in total. The minimum absolute atomic E-state index is 0.245. The highest BCUT2D eigenvalue weighted by atomic mass is 33.1. The Morgan fingerprint density at radius 1 is 0.828 bits per heavy atom. The number of carbonyl (C=O) groups is 1. The summed E-state index contributed by atoms with van der Waals surface area (Å²) in [6.45, 7) is 1.71. The average Bonchev–Trinajstić information content (AvgIpc) is 2.71. The number of benzene rings is 2. The summed E-state index contributed by atoms with van der Waals surface area (Å²) < 4.78 is 0. The number of hydrogen-bond acceptors (Lipinski definition) is 7. The van der Waals surface area contributed by atoms with E-state index in [2.05, 4.69) is 10.6 Å². The Bertz CT molecular complexity index is 845. The molecule has 1 aliphatic heterocycles. The second-order valence-corrected chi connectivity index (χ2v) is 9.15. The van der Waals surface area contributed by atoms with Gasteiger partial charge in [-0.2, -0.15) is 0 Å². The number of fused-ring (bicyclic) bond motifs is 2. The SMILES string of the molecule is O=C(O)c1ccc2c(c1)SSc1cc(C(O)O)ccc1NCCCCCCCN2. The van der Waals surface area contributed by atoms with Gasteiger partial charge < -0.3 is 26.0 Å². The predicted octanol–water partition coefficient (Wildman–Crippen LogP) is 4.96. The van der Waals surface area contributed by atoms with Crippen LogP contribution in [0.4, 0.5) is 11.4 Å². The third kappa shape index (κ3) is 6.30. The third-order valence-corrected chi connectivity index (χ3v) is 7.18. The van der Waals surface area contributed by atoms with Crippen LogP contribution in [-0.2, 0) is 0 Å². The molecule has 0 saturated carbocycles. The Morgan fingerprint density at radius 3 is 1.97 bits per heavy atom. The molecule has 2 aromatic carbocycles. The molecule has 0 saturated heterocycles. The topological polar surface area (TPSA) is 102 Å². The van der Waals surface area contributed by atoms with Crippen molar-refractivity contribution in [3.8, 4) is 0 Å². The van der Waals surface area contributed by atoms with Crippen LogP contribution in [0, 0.1) is 0 Å². The maximum absolute atomic E-state index is 11.4. The molecule has 3 rings (SSSR count). The van der Waals surface area contributed by atoms with Crippen LogP contribution < -0.4 is 10.6 Å². The second-order valence-electron chi connectivity index (χ2n) is 6.93. The first kappa shape index (κ1) is 21.8. The number of aliphatic hydroxyl groups excluding tert-OH is 1. The zero-order chi connectivity index (χ0) is 20.6. The minimum Gasteiger partial charge on any atom is -0.478 e. The molecule has 0 bridgehead atoms. The standard InChI is InChI=1S/C21H26N2O4S2/c24-20(25)14-6-8-16-18(12-14)28-29-19-13-15(21(26)27)7-9-17(19)23-11-5-3-1-2-4-10-22-16/h6-9,12-13,20,22-25H,1-5,10-11H2,(H,26,27). The van der Waals surface area contributed by atoms with Gasteiger partial charge in [0.15, 0.2) is 6.29 Å². The normalized spacial score (nSPS) is 15.8. The van der Waals surface area contributed by atoms with Crippen molar-refractivity contribution >= 4 is 38.9 Å². The number of anilines is 2. The highest BCUT2D eigenvalue weighted by Gasteiger charge is 2.13. The summed E-state index contributed by atoms with van der Waals surface area (Å²) in [6.07, 6.45) is 4.12. The molecule has 156 valence electrons. The Morgan fingerprint density at radius 2 is 1.38 bits per heavy atom. The number of aromatic carboxylic acids is 1. The number of carboxylic acid groups (broad SMARTS) is 1. The quantitative estimate of drug-likeness (QED) is 0.334. The van der Waals surface area contributed by atoms with Crippen LogP contribution in [0.5, 0.6) is 0 Å². The van der Waals surface area contributed by atoms with Crippen LogP contribution in [-0.4, -0.2) is 34.4 Å². The minimum atomic E-state index is -1.53. The van der Waals surface area contributed by atoms with E-state index in [0.29, 0.717) is 5.56 Å². The lowest BCUT2D eigenvalue weighted by Crippen LogP contribution is -2.04. The van der Waals surface area contributed by atoms with Gasteiger partial charge >= 0.3 is 5.97 Å². The van der Waals surface area contributed by atoms with Gasteiger partial charge in [0, 0.05) is 39.8 Å². The lowest BCUT2D eigenvalue weighted by molar-refractivity contribution is -0.0426. The van der Waals surface area contributed by atoms with E-state index < -0.39 is 12.3 Å². The fourth-order valence-corrected chi connectivity index (χ4v) is 5.47. The molecule has 0 aliphatic carbocycles. The predicted molar refractivity (Wildman–Crippen MR) is 119 cm³/mol. The van der Waals surface area contributed by atoms with Crippen molar-refractivity contribution in [3.63, 3.8) is 0 Å². The first-order chi connectivity index (χ1) is 14.0. The summed E-state index contributed by atoms with van der Waals surface area (Å²) in [4.78, 5) is 13.1. The first-order valence-electron chi connectivity index (χ1n) is 9.74. The molecule has 0 atom stereocenters. The van der Waals surface area contributed by atoms with Crippen molar-refractivity contribution in [1.29, 1.82) is 0 Å². The van der Waals surface area contributed by atoms with Crippen LogP contribution >= 0.6 is 21.6 Å².